The van der Waals surface area contributed by atoms with Crippen LogP contribution in [-0.2, 0) is 6.18 Å². The summed E-state index contributed by atoms with van der Waals surface area (Å²) in [5, 5.41) is 4.71. The van der Waals surface area contributed by atoms with Gasteiger partial charge in [0.15, 0.2) is 0 Å². The summed E-state index contributed by atoms with van der Waals surface area (Å²) in [6.07, 6.45) is -1.12. The average molecular weight is 323 g/mol. The molecule has 0 radical (unpaired) electrons. The highest BCUT2D eigenvalue weighted by atomic mass is 35.5. The predicted molar refractivity (Wildman–Crippen MR) is 79.0 cm³/mol. The maximum atomic E-state index is 12.8. The quantitative estimate of drug-likeness (QED) is 0.633. The van der Waals surface area contributed by atoms with Gasteiger partial charge in [0.1, 0.15) is 0 Å². The predicted octanol–water partition coefficient (Wildman–Crippen LogP) is 5.21. The van der Waals surface area contributed by atoms with Crippen molar-refractivity contribution in [1.29, 1.82) is 0 Å². The van der Waals surface area contributed by atoms with E-state index in [-0.39, 0.29) is 0 Å². The monoisotopic (exact) mass is 322 g/mol. The van der Waals surface area contributed by atoms with Crippen LogP contribution in [0.25, 0.3) is 16.8 Å². The van der Waals surface area contributed by atoms with E-state index in [9.17, 15) is 13.2 Å². The van der Waals surface area contributed by atoms with Crippen LogP contribution in [0.5, 0.6) is 0 Å². The zero-order valence-electron chi connectivity index (χ0n) is 11.2. The summed E-state index contributed by atoms with van der Waals surface area (Å²) in [7, 11) is 0. The van der Waals surface area contributed by atoms with Crippen molar-refractivity contribution in [3.63, 3.8) is 0 Å². The Bertz CT molecular complexity index is 809. The molecule has 0 fully saturated rings. The molecular formula is C16H10ClF3N2. The van der Waals surface area contributed by atoms with Gasteiger partial charge in [0.05, 0.1) is 17.4 Å². The molecule has 0 aliphatic rings. The molecule has 0 bridgehead atoms. The van der Waals surface area contributed by atoms with Crippen LogP contribution in [0.15, 0.2) is 60.9 Å². The van der Waals surface area contributed by atoms with Gasteiger partial charge >= 0.3 is 6.18 Å². The second-order valence-electron chi connectivity index (χ2n) is 4.73. The van der Waals surface area contributed by atoms with Gasteiger partial charge in [-0.05, 0) is 35.9 Å². The SMILES string of the molecule is FC(F)(F)c1cccc(-n2cc(-c3cccc(Cl)c3)cn2)c1. The lowest BCUT2D eigenvalue weighted by atomic mass is 10.1. The normalized spacial score (nSPS) is 11.6. The van der Waals surface area contributed by atoms with E-state index in [1.807, 2.05) is 6.07 Å². The third-order valence-corrected chi connectivity index (χ3v) is 3.41. The van der Waals surface area contributed by atoms with Crippen LogP contribution in [0.4, 0.5) is 13.2 Å². The molecule has 2 nitrogen and oxygen atoms in total. The summed E-state index contributed by atoms with van der Waals surface area (Å²) in [4.78, 5) is 0. The summed E-state index contributed by atoms with van der Waals surface area (Å²) in [5.41, 5.74) is 1.28. The van der Waals surface area contributed by atoms with E-state index in [1.54, 1.807) is 36.7 Å². The molecule has 0 unspecified atom stereocenters. The van der Waals surface area contributed by atoms with Gasteiger partial charge in [-0.1, -0.05) is 29.8 Å². The number of halogens is 4. The molecule has 22 heavy (non-hydrogen) atoms. The fourth-order valence-electron chi connectivity index (χ4n) is 2.11. The number of hydrogen-bond donors (Lipinski definition) is 0. The average Bonchev–Trinajstić information content (AvgIpc) is 2.96. The molecule has 2 aromatic carbocycles. The van der Waals surface area contributed by atoms with Crippen LogP contribution in [0, 0.1) is 0 Å². The maximum absolute atomic E-state index is 12.8. The molecule has 0 aliphatic carbocycles. The van der Waals surface area contributed by atoms with Gasteiger partial charge in [-0.25, -0.2) is 4.68 Å². The minimum atomic E-state index is -4.38. The molecule has 3 rings (SSSR count). The second-order valence-corrected chi connectivity index (χ2v) is 5.17. The van der Waals surface area contributed by atoms with Crippen molar-refractivity contribution < 1.29 is 13.2 Å². The first-order chi connectivity index (χ1) is 10.4. The molecule has 0 saturated heterocycles. The Labute approximate surface area is 129 Å². The first-order valence-corrected chi connectivity index (χ1v) is 6.79. The highest BCUT2D eigenvalue weighted by Crippen LogP contribution is 2.30. The molecule has 0 aliphatic heterocycles. The molecule has 1 aromatic heterocycles. The topological polar surface area (TPSA) is 17.8 Å². The number of benzene rings is 2. The Balaban J connectivity index is 1.98. The summed E-state index contributed by atoms with van der Waals surface area (Å²) < 4.78 is 39.7. The molecule has 0 atom stereocenters. The first-order valence-electron chi connectivity index (χ1n) is 6.42. The lowest BCUT2D eigenvalue weighted by Crippen LogP contribution is -2.06. The number of aromatic nitrogens is 2. The third kappa shape index (κ3) is 2.99. The number of nitrogens with zero attached hydrogens (tertiary/aromatic N) is 2. The molecule has 0 saturated carbocycles. The zero-order chi connectivity index (χ0) is 15.7. The molecule has 3 aromatic rings. The zero-order valence-corrected chi connectivity index (χ0v) is 11.9. The van der Waals surface area contributed by atoms with Crippen LogP contribution in [0.2, 0.25) is 5.02 Å². The van der Waals surface area contributed by atoms with Gasteiger partial charge in [0, 0.05) is 16.8 Å². The van der Waals surface area contributed by atoms with Crippen molar-refractivity contribution in [2.45, 2.75) is 6.18 Å². The van der Waals surface area contributed by atoms with Crippen LogP contribution >= 0.6 is 11.6 Å². The Morgan fingerprint density at radius 3 is 2.45 bits per heavy atom. The van der Waals surface area contributed by atoms with Crippen LogP contribution in [0.3, 0.4) is 0 Å². The van der Waals surface area contributed by atoms with Gasteiger partial charge < -0.3 is 0 Å². The lowest BCUT2D eigenvalue weighted by Gasteiger charge is -2.08. The summed E-state index contributed by atoms with van der Waals surface area (Å²) in [6.45, 7) is 0. The van der Waals surface area contributed by atoms with E-state index in [0.717, 1.165) is 23.3 Å². The summed E-state index contributed by atoms with van der Waals surface area (Å²) in [5.74, 6) is 0. The van der Waals surface area contributed by atoms with E-state index in [0.29, 0.717) is 10.7 Å². The minimum absolute atomic E-state index is 0.350. The molecule has 6 heteroatoms. The molecule has 0 amide bonds. The van der Waals surface area contributed by atoms with Crippen LogP contribution < -0.4 is 0 Å². The van der Waals surface area contributed by atoms with E-state index < -0.39 is 11.7 Å². The van der Waals surface area contributed by atoms with Crippen molar-refractivity contribution in [3.05, 3.63) is 71.5 Å². The number of rotatable bonds is 2. The molecule has 0 spiro atoms. The van der Waals surface area contributed by atoms with Gasteiger partial charge in [-0.2, -0.15) is 18.3 Å². The van der Waals surface area contributed by atoms with Crippen LogP contribution in [0.1, 0.15) is 5.56 Å². The molecular weight excluding hydrogens is 313 g/mol. The van der Waals surface area contributed by atoms with E-state index in [1.165, 1.54) is 10.7 Å². The third-order valence-electron chi connectivity index (χ3n) is 3.18. The van der Waals surface area contributed by atoms with E-state index >= 15 is 0 Å². The van der Waals surface area contributed by atoms with Gasteiger partial charge in [0.25, 0.3) is 0 Å². The van der Waals surface area contributed by atoms with Crippen molar-refractivity contribution in [2.75, 3.05) is 0 Å². The van der Waals surface area contributed by atoms with Gasteiger partial charge in [-0.3, -0.25) is 0 Å². The Kier molecular flexibility index (Phi) is 3.66. The van der Waals surface area contributed by atoms with Crippen LogP contribution in [-0.4, -0.2) is 9.78 Å². The van der Waals surface area contributed by atoms with Crippen molar-refractivity contribution >= 4 is 11.6 Å². The summed E-state index contributed by atoms with van der Waals surface area (Å²) >= 11 is 5.94. The smallest absolute Gasteiger partial charge is 0.240 e. The Morgan fingerprint density at radius 2 is 1.73 bits per heavy atom. The molecule has 1 heterocycles. The van der Waals surface area contributed by atoms with Gasteiger partial charge in [-0.15, -0.1) is 0 Å². The molecule has 112 valence electrons. The second kappa shape index (κ2) is 5.50. The maximum Gasteiger partial charge on any atom is 0.416 e. The number of alkyl halides is 3. The largest absolute Gasteiger partial charge is 0.416 e. The lowest BCUT2D eigenvalue weighted by molar-refractivity contribution is -0.137. The fraction of sp³-hybridized carbons (Fsp3) is 0.0625. The highest BCUT2D eigenvalue weighted by Gasteiger charge is 2.30. The minimum Gasteiger partial charge on any atom is -0.240 e. The standard InChI is InChI=1S/C16H10ClF3N2/c17-14-5-1-3-11(7-14)12-9-21-22(10-12)15-6-2-4-13(8-15)16(18,19)20/h1-10H. The van der Waals surface area contributed by atoms with E-state index in [4.69, 9.17) is 11.6 Å². The van der Waals surface area contributed by atoms with Crippen molar-refractivity contribution in [3.8, 4) is 16.8 Å². The Morgan fingerprint density at radius 1 is 0.955 bits per heavy atom. The first kappa shape index (κ1) is 14.7. The van der Waals surface area contributed by atoms with E-state index in [2.05, 4.69) is 5.10 Å². The highest BCUT2D eigenvalue weighted by molar-refractivity contribution is 6.30. The summed E-state index contributed by atoms with van der Waals surface area (Å²) in [6, 6.07) is 12.2. The van der Waals surface area contributed by atoms with Gasteiger partial charge in [0.2, 0.25) is 0 Å². The fourth-order valence-corrected chi connectivity index (χ4v) is 2.30. The Hall–Kier alpha value is -2.27. The number of hydrogen-bond acceptors (Lipinski definition) is 1. The molecule has 0 N–H and O–H groups in total. The van der Waals surface area contributed by atoms with Crippen molar-refractivity contribution in [2.24, 2.45) is 0 Å². The van der Waals surface area contributed by atoms with Crippen molar-refractivity contribution in [1.82, 2.24) is 9.78 Å².